The van der Waals surface area contributed by atoms with Gasteiger partial charge in [-0.05, 0) is 30.3 Å². The summed E-state index contributed by atoms with van der Waals surface area (Å²) in [7, 11) is 0. The first kappa shape index (κ1) is 21.3. The van der Waals surface area contributed by atoms with E-state index in [0.29, 0.717) is 17.1 Å². The van der Waals surface area contributed by atoms with Gasteiger partial charge in [0.25, 0.3) is 0 Å². The van der Waals surface area contributed by atoms with Crippen LogP contribution in [-0.4, -0.2) is 26.2 Å². The molecule has 0 fully saturated rings. The van der Waals surface area contributed by atoms with E-state index in [4.69, 9.17) is 16.3 Å². The van der Waals surface area contributed by atoms with Gasteiger partial charge in [0.15, 0.2) is 17.2 Å². The first-order valence-electron chi connectivity index (χ1n) is 8.77. The van der Waals surface area contributed by atoms with Crippen molar-refractivity contribution in [3.05, 3.63) is 65.3 Å². The molecule has 4 rings (SSSR count). The second-order valence-electron chi connectivity index (χ2n) is 6.33. The number of nitrogens with one attached hydrogen (secondary N) is 3. The smallest absolute Gasteiger partial charge is 0.417 e. The Morgan fingerprint density at radius 1 is 1.06 bits per heavy atom. The minimum Gasteiger partial charge on any atom is -0.435 e. The van der Waals surface area contributed by atoms with E-state index in [-0.39, 0.29) is 23.0 Å². The number of anilines is 2. The number of aromatic amines is 1. The standard InChI is InChI=1S/C19H11ClF4N6O2/c20-13-3-1-9(5-12(13)19(22,23)24)28-18(31)29-10-2-4-15(14(21)6-10)32-17-11-7-27-30-16(11)25-8-26-17/h1-8H,(H2,28,29,31)(H,25,26,27,30). The summed E-state index contributed by atoms with van der Waals surface area (Å²) < 4.78 is 58.7. The van der Waals surface area contributed by atoms with Crippen LogP contribution >= 0.6 is 11.6 Å². The van der Waals surface area contributed by atoms with Crippen molar-refractivity contribution < 1.29 is 27.1 Å². The van der Waals surface area contributed by atoms with Crippen molar-refractivity contribution in [2.75, 3.05) is 10.6 Å². The summed E-state index contributed by atoms with van der Waals surface area (Å²) in [5, 5.41) is 10.9. The molecule has 0 aliphatic carbocycles. The number of amides is 2. The SMILES string of the molecule is O=C(Nc1ccc(Oc2ncnc3[nH]ncc23)c(F)c1)Nc1ccc(Cl)c(C(F)(F)F)c1. The molecule has 0 saturated carbocycles. The molecule has 0 atom stereocenters. The number of nitrogens with zero attached hydrogens (tertiary/aromatic N) is 3. The van der Waals surface area contributed by atoms with Gasteiger partial charge < -0.3 is 15.4 Å². The van der Waals surface area contributed by atoms with Crippen molar-refractivity contribution >= 4 is 40.0 Å². The van der Waals surface area contributed by atoms with Gasteiger partial charge in [0.05, 0.1) is 16.8 Å². The fourth-order valence-electron chi connectivity index (χ4n) is 2.70. The van der Waals surface area contributed by atoms with Gasteiger partial charge in [0.2, 0.25) is 5.88 Å². The van der Waals surface area contributed by atoms with Crippen LogP contribution in [0.3, 0.4) is 0 Å². The molecule has 13 heteroatoms. The van der Waals surface area contributed by atoms with Crippen LogP contribution in [0.25, 0.3) is 11.0 Å². The number of ether oxygens (including phenoxy) is 1. The van der Waals surface area contributed by atoms with Crippen LogP contribution in [0, 0.1) is 5.82 Å². The molecule has 0 saturated heterocycles. The third-order valence-corrected chi connectivity index (χ3v) is 4.47. The lowest BCUT2D eigenvalue weighted by Crippen LogP contribution is -2.20. The Labute approximate surface area is 181 Å². The van der Waals surface area contributed by atoms with Gasteiger partial charge in [-0.3, -0.25) is 5.10 Å². The molecule has 8 nitrogen and oxygen atoms in total. The Kier molecular flexibility index (Phi) is 5.53. The Morgan fingerprint density at radius 2 is 1.78 bits per heavy atom. The number of aromatic nitrogens is 4. The lowest BCUT2D eigenvalue weighted by Gasteiger charge is -2.13. The first-order chi connectivity index (χ1) is 15.2. The lowest BCUT2D eigenvalue weighted by molar-refractivity contribution is -0.137. The van der Waals surface area contributed by atoms with Crippen LogP contribution in [-0.2, 0) is 6.18 Å². The zero-order valence-electron chi connectivity index (χ0n) is 15.7. The molecular weight excluding hydrogens is 456 g/mol. The number of carbonyl (C=O) groups is 1. The number of alkyl halides is 3. The Morgan fingerprint density at radius 3 is 2.50 bits per heavy atom. The van der Waals surface area contributed by atoms with Crippen LogP contribution < -0.4 is 15.4 Å². The van der Waals surface area contributed by atoms with Crippen LogP contribution in [0.5, 0.6) is 11.6 Å². The number of urea groups is 1. The highest BCUT2D eigenvalue weighted by molar-refractivity contribution is 6.31. The molecule has 2 aromatic heterocycles. The van der Waals surface area contributed by atoms with Crippen LogP contribution in [0.15, 0.2) is 48.9 Å². The highest BCUT2D eigenvalue weighted by atomic mass is 35.5. The monoisotopic (exact) mass is 466 g/mol. The summed E-state index contributed by atoms with van der Waals surface area (Å²) >= 11 is 5.55. The van der Waals surface area contributed by atoms with E-state index in [9.17, 15) is 22.4 Å². The topological polar surface area (TPSA) is 105 Å². The molecule has 164 valence electrons. The molecule has 2 amide bonds. The van der Waals surface area contributed by atoms with Gasteiger partial charge >= 0.3 is 12.2 Å². The maximum Gasteiger partial charge on any atom is 0.417 e. The molecular formula is C19H11ClF4N6O2. The largest absolute Gasteiger partial charge is 0.435 e. The van der Waals surface area contributed by atoms with E-state index >= 15 is 0 Å². The van der Waals surface area contributed by atoms with Crippen molar-refractivity contribution in [3.63, 3.8) is 0 Å². The molecule has 2 heterocycles. The normalized spacial score (nSPS) is 11.4. The fraction of sp³-hybridized carbons (Fsp3) is 0.0526. The van der Waals surface area contributed by atoms with E-state index in [1.165, 1.54) is 30.7 Å². The molecule has 0 bridgehead atoms. The third kappa shape index (κ3) is 4.54. The molecule has 0 aliphatic rings. The van der Waals surface area contributed by atoms with E-state index in [0.717, 1.165) is 12.1 Å². The number of halogens is 5. The molecule has 0 aliphatic heterocycles. The quantitative estimate of drug-likeness (QED) is 0.339. The molecule has 0 unspecified atom stereocenters. The molecule has 4 aromatic rings. The lowest BCUT2D eigenvalue weighted by atomic mass is 10.2. The van der Waals surface area contributed by atoms with Crippen molar-refractivity contribution in [2.24, 2.45) is 0 Å². The van der Waals surface area contributed by atoms with E-state index < -0.39 is 28.6 Å². The van der Waals surface area contributed by atoms with Gasteiger partial charge in [-0.1, -0.05) is 11.6 Å². The van der Waals surface area contributed by atoms with E-state index in [1.807, 2.05) is 0 Å². The predicted octanol–water partition coefficient (Wildman–Crippen LogP) is 5.60. The average Bonchev–Trinajstić information content (AvgIpc) is 3.20. The molecule has 2 aromatic carbocycles. The van der Waals surface area contributed by atoms with Gasteiger partial charge in [-0.15, -0.1) is 0 Å². The van der Waals surface area contributed by atoms with Gasteiger partial charge in [-0.25, -0.2) is 19.2 Å². The average molecular weight is 467 g/mol. The third-order valence-electron chi connectivity index (χ3n) is 4.14. The Bertz CT molecular complexity index is 1310. The second kappa shape index (κ2) is 8.30. The van der Waals surface area contributed by atoms with E-state index in [1.54, 1.807) is 0 Å². The molecule has 0 radical (unpaired) electrons. The van der Waals surface area contributed by atoms with Crippen molar-refractivity contribution in [1.29, 1.82) is 0 Å². The van der Waals surface area contributed by atoms with Crippen LogP contribution in [0.1, 0.15) is 5.56 Å². The molecule has 32 heavy (non-hydrogen) atoms. The minimum atomic E-state index is -4.68. The maximum atomic E-state index is 14.5. The number of H-pyrrole nitrogens is 1. The second-order valence-corrected chi connectivity index (χ2v) is 6.74. The number of rotatable bonds is 4. The minimum absolute atomic E-state index is 0.0357. The predicted molar refractivity (Wildman–Crippen MR) is 107 cm³/mol. The van der Waals surface area contributed by atoms with Crippen molar-refractivity contribution in [1.82, 2.24) is 20.2 Å². The highest BCUT2D eigenvalue weighted by Crippen LogP contribution is 2.36. The summed E-state index contributed by atoms with van der Waals surface area (Å²) in [5.41, 5.74) is -0.803. The summed E-state index contributed by atoms with van der Waals surface area (Å²) in [4.78, 5) is 20.0. The maximum absolute atomic E-state index is 14.5. The van der Waals surface area contributed by atoms with E-state index in [2.05, 4.69) is 30.8 Å². The number of hydrogen-bond donors (Lipinski definition) is 3. The number of benzene rings is 2. The summed E-state index contributed by atoms with van der Waals surface area (Å²) in [6.07, 6.45) is -2.05. The summed E-state index contributed by atoms with van der Waals surface area (Å²) in [6, 6.07) is 5.59. The number of carbonyl (C=O) groups excluding carboxylic acids is 1. The van der Waals surface area contributed by atoms with Crippen molar-refractivity contribution in [2.45, 2.75) is 6.18 Å². The molecule has 0 spiro atoms. The Hall–Kier alpha value is -3.93. The highest BCUT2D eigenvalue weighted by Gasteiger charge is 2.33. The van der Waals surface area contributed by atoms with Gasteiger partial charge in [0, 0.05) is 17.4 Å². The number of fused-ring (bicyclic) bond motifs is 1. The fourth-order valence-corrected chi connectivity index (χ4v) is 2.93. The zero-order valence-corrected chi connectivity index (χ0v) is 16.4. The van der Waals surface area contributed by atoms with Crippen molar-refractivity contribution in [3.8, 4) is 11.6 Å². The van der Waals surface area contributed by atoms with Crippen LogP contribution in [0.2, 0.25) is 5.02 Å². The summed E-state index contributed by atoms with van der Waals surface area (Å²) in [5.74, 6) is -0.919. The zero-order chi connectivity index (χ0) is 22.9. The number of hydrogen-bond acceptors (Lipinski definition) is 5. The summed E-state index contributed by atoms with van der Waals surface area (Å²) in [6.45, 7) is 0. The Balaban J connectivity index is 1.46. The van der Waals surface area contributed by atoms with Gasteiger partial charge in [-0.2, -0.15) is 18.3 Å². The van der Waals surface area contributed by atoms with Gasteiger partial charge in [0.1, 0.15) is 11.7 Å². The van der Waals surface area contributed by atoms with Crippen LogP contribution in [0.4, 0.5) is 33.7 Å². The molecule has 3 N–H and O–H groups in total. The first-order valence-corrected chi connectivity index (χ1v) is 9.15.